The van der Waals surface area contributed by atoms with E-state index in [1.165, 1.54) is 12.1 Å². The number of hydrogen-bond acceptors (Lipinski definition) is 5. The van der Waals surface area contributed by atoms with E-state index in [1.54, 1.807) is 26.0 Å². The van der Waals surface area contributed by atoms with Gasteiger partial charge in [-0.1, -0.05) is 18.5 Å². The Bertz CT molecular complexity index is 801. The lowest BCUT2D eigenvalue weighted by atomic mass is 10.00. The number of amides is 2. The number of anilines is 1. The van der Waals surface area contributed by atoms with Gasteiger partial charge < -0.3 is 9.64 Å². The summed E-state index contributed by atoms with van der Waals surface area (Å²) in [5, 5.41) is -0.0441. The van der Waals surface area contributed by atoms with E-state index in [2.05, 4.69) is 6.92 Å². The van der Waals surface area contributed by atoms with Crippen LogP contribution in [0.4, 0.5) is 5.69 Å². The molecule has 2 aliphatic rings. The van der Waals surface area contributed by atoms with Gasteiger partial charge in [0.1, 0.15) is 10.7 Å². The summed E-state index contributed by atoms with van der Waals surface area (Å²) in [6, 6.07) is 6.18. The molecule has 0 spiro atoms. The topological polar surface area (TPSA) is 66.9 Å². The minimum atomic E-state index is -0.535. The van der Waals surface area contributed by atoms with E-state index in [0.29, 0.717) is 30.3 Å². The van der Waals surface area contributed by atoms with Crippen molar-refractivity contribution in [3.8, 4) is 0 Å². The molecular formula is C20H23ClN2O4. The summed E-state index contributed by atoms with van der Waals surface area (Å²) in [7, 11) is 0. The molecule has 0 saturated carbocycles. The van der Waals surface area contributed by atoms with Gasteiger partial charge in [-0.25, -0.2) is 9.69 Å². The fourth-order valence-corrected chi connectivity index (χ4v) is 3.71. The van der Waals surface area contributed by atoms with Crippen molar-refractivity contribution in [3.63, 3.8) is 0 Å². The van der Waals surface area contributed by atoms with Gasteiger partial charge >= 0.3 is 5.97 Å². The number of carbonyl (C=O) groups excluding carboxylic acids is 3. The molecule has 0 aromatic heterocycles. The number of nitrogens with zero attached hydrogens (tertiary/aromatic N) is 2. The van der Waals surface area contributed by atoms with Crippen LogP contribution in [0.3, 0.4) is 0 Å². The van der Waals surface area contributed by atoms with Crippen LogP contribution in [0.2, 0.25) is 0 Å². The van der Waals surface area contributed by atoms with Gasteiger partial charge in [0.15, 0.2) is 0 Å². The number of hydrogen-bond donors (Lipinski definition) is 0. The lowest BCUT2D eigenvalue weighted by Gasteiger charge is -2.33. The first kappa shape index (κ1) is 19.4. The number of carbonyl (C=O) groups is 3. The first-order valence-corrected chi connectivity index (χ1v) is 9.52. The standard InChI is InChI=1S/C20H23ClN2O4/c1-12(2)27-20(26)14-6-8-15(9-7-14)23-18(24)16(21)17(19(23)25)22-10-4-5-13(3)11-22/h6-9,12-13H,4-5,10-11H2,1-3H3. The molecule has 7 heteroatoms. The lowest BCUT2D eigenvalue weighted by molar-refractivity contribution is -0.121. The highest BCUT2D eigenvalue weighted by Crippen LogP contribution is 2.33. The molecule has 3 rings (SSSR count). The zero-order valence-electron chi connectivity index (χ0n) is 15.7. The maximum Gasteiger partial charge on any atom is 0.338 e. The molecule has 0 radical (unpaired) electrons. The first-order valence-electron chi connectivity index (χ1n) is 9.14. The molecule has 0 N–H and O–H groups in total. The number of halogens is 1. The van der Waals surface area contributed by atoms with E-state index in [4.69, 9.17) is 16.3 Å². The quantitative estimate of drug-likeness (QED) is 0.583. The van der Waals surface area contributed by atoms with Crippen LogP contribution in [0.5, 0.6) is 0 Å². The van der Waals surface area contributed by atoms with Gasteiger partial charge in [-0.2, -0.15) is 0 Å². The van der Waals surface area contributed by atoms with Crippen molar-refractivity contribution in [2.45, 2.75) is 39.7 Å². The zero-order chi connectivity index (χ0) is 19.7. The molecule has 0 aliphatic carbocycles. The average Bonchev–Trinajstić information content (AvgIpc) is 2.83. The summed E-state index contributed by atoms with van der Waals surface area (Å²) in [4.78, 5) is 40.5. The van der Waals surface area contributed by atoms with Crippen molar-refractivity contribution in [1.82, 2.24) is 4.90 Å². The zero-order valence-corrected chi connectivity index (χ0v) is 16.5. The molecule has 1 unspecified atom stereocenters. The van der Waals surface area contributed by atoms with Crippen LogP contribution in [-0.2, 0) is 14.3 Å². The van der Waals surface area contributed by atoms with Crippen LogP contribution < -0.4 is 4.90 Å². The summed E-state index contributed by atoms with van der Waals surface area (Å²) in [5.41, 5.74) is 1.01. The van der Waals surface area contributed by atoms with Gasteiger partial charge in [-0.15, -0.1) is 0 Å². The Morgan fingerprint density at radius 1 is 1.19 bits per heavy atom. The van der Waals surface area contributed by atoms with Crippen LogP contribution in [0.1, 0.15) is 44.0 Å². The molecule has 2 aliphatic heterocycles. The number of ether oxygens (including phenoxy) is 1. The third-order valence-electron chi connectivity index (χ3n) is 4.68. The largest absolute Gasteiger partial charge is 0.459 e. The highest BCUT2D eigenvalue weighted by Gasteiger charge is 2.42. The maximum absolute atomic E-state index is 12.9. The molecule has 6 nitrogen and oxygen atoms in total. The average molecular weight is 391 g/mol. The van der Waals surface area contributed by atoms with Crippen LogP contribution in [0, 0.1) is 5.92 Å². The fraction of sp³-hybridized carbons (Fsp3) is 0.450. The Labute approximate surface area is 163 Å². The Morgan fingerprint density at radius 3 is 2.44 bits per heavy atom. The van der Waals surface area contributed by atoms with E-state index in [9.17, 15) is 14.4 Å². The van der Waals surface area contributed by atoms with Gasteiger partial charge in [0.05, 0.1) is 17.4 Å². The van der Waals surface area contributed by atoms with Crippen LogP contribution in [-0.4, -0.2) is 41.9 Å². The third kappa shape index (κ3) is 3.86. The van der Waals surface area contributed by atoms with Crippen molar-refractivity contribution in [2.24, 2.45) is 5.92 Å². The predicted molar refractivity (Wildman–Crippen MR) is 102 cm³/mol. The second kappa shape index (κ2) is 7.72. The lowest BCUT2D eigenvalue weighted by Crippen LogP contribution is -2.39. The molecule has 144 valence electrons. The number of esters is 1. The van der Waals surface area contributed by atoms with Crippen LogP contribution in [0.25, 0.3) is 0 Å². The monoisotopic (exact) mass is 390 g/mol. The fourth-order valence-electron chi connectivity index (χ4n) is 3.42. The van der Waals surface area contributed by atoms with Crippen molar-refractivity contribution >= 4 is 35.1 Å². The summed E-state index contributed by atoms with van der Waals surface area (Å²) < 4.78 is 5.14. The van der Waals surface area contributed by atoms with Crippen molar-refractivity contribution < 1.29 is 19.1 Å². The van der Waals surface area contributed by atoms with E-state index >= 15 is 0 Å². The number of piperidine rings is 1. The molecule has 1 aromatic carbocycles. The summed E-state index contributed by atoms with van der Waals surface area (Å²) >= 11 is 6.24. The van der Waals surface area contributed by atoms with Gasteiger partial charge in [-0.3, -0.25) is 9.59 Å². The maximum atomic E-state index is 12.9. The second-order valence-electron chi connectivity index (χ2n) is 7.30. The molecule has 1 atom stereocenters. The molecule has 1 saturated heterocycles. The van der Waals surface area contributed by atoms with E-state index < -0.39 is 17.8 Å². The summed E-state index contributed by atoms with van der Waals surface area (Å²) in [5.74, 6) is -0.960. The Hall–Kier alpha value is -2.34. The molecule has 1 aromatic rings. The number of rotatable bonds is 4. The van der Waals surface area contributed by atoms with Crippen LogP contribution in [0.15, 0.2) is 35.0 Å². The van der Waals surface area contributed by atoms with Gasteiger partial charge in [0, 0.05) is 13.1 Å². The SMILES string of the molecule is CC1CCCN(C2=C(Cl)C(=O)N(c3ccc(C(=O)OC(C)C)cc3)C2=O)C1. The summed E-state index contributed by atoms with van der Waals surface area (Å²) in [6.07, 6.45) is 1.83. The predicted octanol–water partition coefficient (Wildman–Crippen LogP) is 3.31. The molecule has 2 heterocycles. The number of imide groups is 1. The van der Waals surface area contributed by atoms with Crippen LogP contribution >= 0.6 is 11.6 Å². The number of benzene rings is 1. The molecule has 27 heavy (non-hydrogen) atoms. The third-order valence-corrected chi connectivity index (χ3v) is 5.02. The molecular weight excluding hydrogens is 368 g/mol. The molecule has 2 amide bonds. The van der Waals surface area contributed by atoms with Gasteiger partial charge in [-0.05, 0) is 56.9 Å². The Balaban J connectivity index is 1.81. The van der Waals surface area contributed by atoms with E-state index in [0.717, 1.165) is 17.7 Å². The smallest absolute Gasteiger partial charge is 0.338 e. The van der Waals surface area contributed by atoms with E-state index in [1.807, 2.05) is 4.90 Å². The van der Waals surface area contributed by atoms with Crippen molar-refractivity contribution in [2.75, 3.05) is 18.0 Å². The van der Waals surface area contributed by atoms with Gasteiger partial charge in [0.2, 0.25) is 0 Å². The molecule has 0 bridgehead atoms. The minimum Gasteiger partial charge on any atom is -0.459 e. The van der Waals surface area contributed by atoms with E-state index in [-0.39, 0.29) is 16.8 Å². The Morgan fingerprint density at radius 2 is 1.85 bits per heavy atom. The number of likely N-dealkylation sites (tertiary alicyclic amines) is 1. The normalized spacial score (nSPS) is 20.7. The Kier molecular flexibility index (Phi) is 5.56. The van der Waals surface area contributed by atoms with Gasteiger partial charge in [0.25, 0.3) is 11.8 Å². The summed E-state index contributed by atoms with van der Waals surface area (Å²) in [6.45, 7) is 7.07. The highest BCUT2D eigenvalue weighted by atomic mass is 35.5. The highest BCUT2D eigenvalue weighted by molar-refractivity contribution is 6.52. The second-order valence-corrected chi connectivity index (χ2v) is 7.68. The first-order chi connectivity index (χ1) is 12.8. The van der Waals surface area contributed by atoms with Crippen molar-refractivity contribution in [1.29, 1.82) is 0 Å². The van der Waals surface area contributed by atoms with Crippen molar-refractivity contribution in [3.05, 3.63) is 40.6 Å². The molecule has 1 fully saturated rings. The minimum absolute atomic E-state index is 0.0441.